The van der Waals surface area contributed by atoms with E-state index in [1.165, 1.54) is 16.8 Å². The number of rotatable bonds is 8. The smallest absolute Gasteiger partial charge is 0.223 e. The van der Waals surface area contributed by atoms with Gasteiger partial charge in [0.15, 0.2) is 11.5 Å². The van der Waals surface area contributed by atoms with Crippen LogP contribution < -0.4 is 14.4 Å². The molecule has 1 amide bonds. The van der Waals surface area contributed by atoms with Gasteiger partial charge in [-0.15, -0.1) is 0 Å². The number of aryl methyl sites for hydroxylation is 2. The zero-order chi connectivity index (χ0) is 21.5. The van der Waals surface area contributed by atoms with E-state index >= 15 is 0 Å². The summed E-state index contributed by atoms with van der Waals surface area (Å²) in [6, 6.07) is 12.4. The predicted octanol–water partition coefficient (Wildman–Crippen LogP) is 4.38. The minimum atomic E-state index is 0.224. The molecule has 5 nitrogen and oxygen atoms in total. The highest BCUT2D eigenvalue weighted by molar-refractivity contribution is 5.77. The third-order valence-corrected chi connectivity index (χ3v) is 5.78. The number of anilines is 1. The van der Waals surface area contributed by atoms with Gasteiger partial charge >= 0.3 is 0 Å². The summed E-state index contributed by atoms with van der Waals surface area (Å²) in [7, 11) is 0. The van der Waals surface area contributed by atoms with Crippen molar-refractivity contribution in [1.29, 1.82) is 0 Å². The van der Waals surface area contributed by atoms with Crippen molar-refractivity contribution in [1.82, 2.24) is 4.90 Å². The lowest BCUT2D eigenvalue weighted by atomic mass is 10.1. The van der Waals surface area contributed by atoms with Crippen LogP contribution in [0, 0.1) is 13.8 Å². The molecule has 0 unspecified atom stereocenters. The molecule has 3 rings (SSSR count). The molecule has 0 radical (unpaired) electrons. The molecule has 30 heavy (non-hydrogen) atoms. The minimum Gasteiger partial charge on any atom is -0.490 e. The number of carbonyl (C=O) groups excluding carboxylic acids is 1. The summed E-state index contributed by atoms with van der Waals surface area (Å²) in [4.78, 5) is 17.2. The van der Waals surface area contributed by atoms with Gasteiger partial charge in [0.25, 0.3) is 0 Å². The van der Waals surface area contributed by atoms with Crippen molar-refractivity contribution in [2.24, 2.45) is 0 Å². The van der Waals surface area contributed by atoms with Gasteiger partial charge in [-0.2, -0.15) is 0 Å². The van der Waals surface area contributed by atoms with E-state index in [1.807, 2.05) is 36.9 Å². The van der Waals surface area contributed by atoms with Gasteiger partial charge in [-0.25, -0.2) is 0 Å². The van der Waals surface area contributed by atoms with E-state index in [-0.39, 0.29) is 5.91 Å². The van der Waals surface area contributed by atoms with E-state index in [1.54, 1.807) is 0 Å². The van der Waals surface area contributed by atoms with Crippen molar-refractivity contribution in [3.05, 3.63) is 53.1 Å². The molecule has 1 saturated heterocycles. The van der Waals surface area contributed by atoms with Crippen molar-refractivity contribution in [3.8, 4) is 11.5 Å². The maximum Gasteiger partial charge on any atom is 0.223 e. The molecule has 0 N–H and O–H groups in total. The number of hydrogen-bond acceptors (Lipinski definition) is 4. The summed E-state index contributed by atoms with van der Waals surface area (Å²) in [5.74, 6) is 1.74. The fourth-order valence-corrected chi connectivity index (χ4v) is 3.94. The van der Waals surface area contributed by atoms with Gasteiger partial charge in [0.05, 0.1) is 13.2 Å². The molecule has 0 bridgehead atoms. The second-order valence-corrected chi connectivity index (χ2v) is 7.73. The number of nitrogens with zero attached hydrogens (tertiary/aromatic N) is 2. The van der Waals surface area contributed by atoms with E-state index in [4.69, 9.17) is 9.47 Å². The molecule has 2 aromatic carbocycles. The molecule has 5 heteroatoms. The highest BCUT2D eigenvalue weighted by atomic mass is 16.5. The molecule has 0 atom stereocenters. The molecule has 0 spiro atoms. The van der Waals surface area contributed by atoms with Gasteiger partial charge in [-0.1, -0.05) is 18.2 Å². The fourth-order valence-electron chi connectivity index (χ4n) is 3.94. The predicted molar refractivity (Wildman–Crippen MR) is 122 cm³/mol. The third kappa shape index (κ3) is 5.26. The number of amides is 1. The lowest BCUT2D eigenvalue weighted by Gasteiger charge is -2.37. The first-order chi connectivity index (χ1) is 14.5. The number of benzene rings is 2. The summed E-state index contributed by atoms with van der Waals surface area (Å²) in [5.41, 5.74) is 5.04. The number of ether oxygens (including phenoxy) is 2. The van der Waals surface area contributed by atoms with E-state index in [0.29, 0.717) is 26.1 Å². The van der Waals surface area contributed by atoms with E-state index < -0.39 is 0 Å². The Kier molecular flexibility index (Phi) is 7.61. The summed E-state index contributed by atoms with van der Waals surface area (Å²) in [5, 5.41) is 0. The fraction of sp³-hybridized carbons (Fsp3) is 0.480. The number of hydrogen-bond donors (Lipinski definition) is 0. The Morgan fingerprint density at radius 3 is 2.33 bits per heavy atom. The maximum absolute atomic E-state index is 12.8. The van der Waals surface area contributed by atoms with Gasteiger partial charge in [0, 0.05) is 38.3 Å². The van der Waals surface area contributed by atoms with Crippen LogP contribution in [0.5, 0.6) is 11.5 Å². The highest BCUT2D eigenvalue weighted by Gasteiger charge is 2.22. The van der Waals surface area contributed by atoms with Gasteiger partial charge in [0.1, 0.15) is 0 Å². The molecule has 1 aliphatic rings. The first-order valence-electron chi connectivity index (χ1n) is 11.0. The van der Waals surface area contributed by atoms with Crippen LogP contribution in [0.4, 0.5) is 5.69 Å². The molecule has 0 saturated carbocycles. The second kappa shape index (κ2) is 10.4. The van der Waals surface area contributed by atoms with Crippen LogP contribution in [0.15, 0.2) is 36.4 Å². The van der Waals surface area contributed by atoms with E-state index in [9.17, 15) is 4.79 Å². The molecule has 0 aliphatic carbocycles. The Morgan fingerprint density at radius 1 is 0.933 bits per heavy atom. The number of carbonyl (C=O) groups is 1. The van der Waals surface area contributed by atoms with Crippen LogP contribution in [0.2, 0.25) is 0 Å². The van der Waals surface area contributed by atoms with Crippen molar-refractivity contribution in [2.45, 2.75) is 40.5 Å². The Bertz CT molecular complexity index is 857. The molecule has 1 heterocycles. The zero-order valence-corrected chi connectivity index (χ0v) is 18.7. The molecule has 2 aromatic rings. The average Bonchev–Trinajstić information content (AvgIpc) is 2.76. The largest absolute Gasteiger partial charge is 0.490 e. The minimum absolute atomic E-state index is 0.224. The first kappa shape index (κ1) is 22.0. The van der Waals surface area contributed by atoms with Crippen molar-refractivity contribution in [3.63, 3.8) is 0 Å². The Morgan fingerprint density at radius 2 is 1.63 bits per heavy atom. The quantitative estimate of drug-likeness (QED) is 0.648. The van der Waals surface area contributed by atoms with Crippen molar-refractivity contribution < 1.29 is 14.3 Å². The summed E-state index contributed by atoms with van der Waals surface area (Å²) >= 11 is 0. The summed E-state index contributed by atoms with van der Waals surface area (Å²) < 4.78 is 11.3. The van der Waals surface area contributed by atoms with Gasteiger partial charge in [-0.3, -0.25) is 4.79 Å². The Labute approximate surface area is 180 Å². The van der Waals surface area contributed by atoms with Gasteiger partial charge < -0.3 is 19.3 Å². The zero-order valence-electron chi connectivity index (χ0n) is 18.7. The standard InChI is InChI=1S/C25H34N2O3/c1-5-29-23-12-10-21(18-24(23)30-6-2)11-13-25(28)27-16-14-26(15-17-27)22-9-7-8-19(3)20(22)4/h7-10,12,18H,5-6,11,13-17H2,1-4H3. The molecule has 162 valence electrons. The summed E-state index contributed by atoms with van der Waals surface area (Å²) in [6.07, 6.45) is 1.23. The van der Waals surface area contributed by atoms with Gasteiger partial charge in [0.2, 0.25) is 5.91 Å². The Balaban J connectivity index is 1.54. The monoisotopic (exact) mass is 410 g/mol. The Hall–Kier alpha value is -2.69. The SMILES string of the molecule is CCOc1ccc(CCC(=O)N2CCN(c3cccc(C)c3C)CC2)cc1OCC. The van der Waals surface area contributed by atoms with Crippen LogP contribution in [0.25, 0.3) is 0 Å². The molecular formula is C25H34N2O3. The first-order valence-corrected chi connectivity index (χ1v) is 11.0. The number of piperazine rings is 1. The average molecular weight is 411 g/mol. The second-order valence-electron chi connectivity index (χ2n) is 7.73. The van der Waals surface area contributed by atoms with E-state index in [0.717, 1.165) is 43.2 Å². The highest BCUT2D eigenvalue weighted by Crippen LogP contribution is 2.29. The summed E-state index contributed by atoms with van der Waals surface area (Å²) in [6.45, 7) is 12.8. The van der Waals surface area contributed by atoms with Crippen LogP contribution in [-0.2, 0) is 11.2 Å². The topological polar surface area (TPSA) is 42.0 Å². The van der Waals surface area contributed by atoms with Crippen LogP contribution in [0.1, 0.15) is 37.0 Å². The lowest BCUT2D eigenvalue weighted by Crippen LogP contribution is -2.49. The van der Waals surface area contributed by atoms with Crippen molar-refractivity contribution >= 4 is 11.6 Å². The lowest BCUT2D eigenvalue weighted by molar-refractivity contribution is -0.131. The van der Waals surface area contributed by atoms with Crippen LogP contribution in [0.3, 0.4) is 0 Å². The van der Waals surface area contributed by atoms with Crippen LogP contribution >= 0.6 is 0 Å². The van der Waals surface area contributed by atoms with Crippen molar-refractivity contribution in [2.75, 3.05) is 44.3 Å². The molecular weight excluding hydrogens is 376 g/mol. The van der Waals surface area contributed by atoms with Crippen LogP contribution in [-0.4, -0.2) is 50.2 Å². The molecule has 1 fully saturated rings. The molecule has 1 aliphatic heterocycles. The normalized spacial score (nSPS) is 14.0. The van der Waals surface area contributed by atoms with Gasteiger partial charge in [-0.05, 0) is 69.0 Å². The molecule has 0 aromatic heterocycles. The maximum atomic E-state index is 12.8. The third-order valence-electron chi connectivity index (χ3n) is 5.78. The van der Waals surface area contributed by atoms with E-state index in [2.05, 4.69) is 36.9 Å².